The van der Waals surface area contributed by atoms with Crippen molar-refractivity contribution in [2.75, 3.05) is 39.3 Å². The van der Waals surface area contributed by atoms with Crippen LogP contribution < -0.4 is 5.32 Å². The van der Waals surface area contributed by atoms with Crippen LogP contribution in [0.1, 0.15) is 38.2 Å². The summed E-state index contributed by atoms with van der Waals surface area (Å²) in [7, 11) is 0. The molecular weight excluding hydrogens is 479 g/mol. The Labute approximate surface area is 191 Å². The number of aliphatic imine (C=N–C) groups is 1. The average molecular weight is 514 g/mol. The van der Waals surface area contributed by atoms with Gasteiger partial charge in [-0.15, -0.1) is 24.0 Å². The summed E-state index contributed by atoms with van der Waals surface area (Å²) in [5.74, 6) is 1.57. The maximum Gasteiger partial charge on any atom is 0.244 e. The molecule has 3 rings (SSSR count). The van der Waals surface area contributed by atoms with Gasteiger partial charge in [-0.05, 0) is 50.5 Å². The van der Waals surface area contributed by atoms with Crippen molar-refractivity contribution in [2.24, 2.45) is 10.9 Å². The molecule has 2 heterocycles. The number of nitrogens with one attached hydrogen (secondary N) is 1. The molecule has 1 aromatic carbocycles. The van der Waals surface area contributed by atoms with Crippen molar-refractivity contribution in [1.29, 1.82) is 0 Å². The van der Waals surface area contributed by atoms with Gasteiger partial charge in [-0.2, -0.15) is 0 Å². The molecule has 2 fully saturated rings. The number of carbonyl (C=O) groups excluding carboxylic acids is 1. The molecule has 0 aromatic heterocycles. The van der Waals surface area contributed by atoms with Crippen LogP contribution in [0.15, 0.2) is 35.3 Å². The van der Waals surface area contributed by atoms with Crippen molar-refractivity contribution in [2.45, 2.75) is 45.1 Å². The van der Waals surface area contributed by atoms with Crippen molar-refractivity contribution in [3.8, 4) is 0 Å². The zero-order valence-corrected chi connectivity index (χ0v) is 19.8. The molecule has 6 nitrogen and oxygen atoms in total. The summed E-state index contributed by atoms with van der Waals surface area (Å²) in [6, 6.07) is 10.6. The Morgan fingerprint density at radius 2 is 1.69 bits per heavy atom. The molecule has 1 aromatic rings. The first-order chi connectivity index (χ1) is 13.7. The van der Waals surface area contributed by atoms with Crippen molar-refractivity contribution >= 4 is 35.8 Å². The molecule has 0 atom stereocenters. The molecule has 0 bridgehead atoms. The van der Waals surface area contributed by atoms with E-state index in [-0.39, 0.29) is 42.5 Å². The Hall–Kier alpha value is -1.35. The number of benzene rings is 1. The summed E-state index contributed by atoms with van der Waals surface area (Å²) in [4.78, 5) is 21.3. The van der Waals surface area contributed by atoms with E-state index < -0.39 is 0 Å². The normalized spacial score (nSPS) is 19.0. The van der Waals surface area contributed by atoms with E-state index >= 15 is 0 Å². The number of hydrogen-bond acceptors (Lipinski definition) is 3. The van der Waals surface area contributed by atoms with Gasteiger partial charge in [-0.25, -0.2) is 4.99 Å². The third-order valence-corrected chi connectivity index (χ3v) is 5.80. The molecule has 2 aliphatic rings. The van der Waals surface area contributed by atoms with Crippen LogP contribution in [0.3, 0.4) is 0 Å². The Kier molecular flexibility index (Phi) is 10.2. The van der Waals surface area contributed by atoms with E-state index in [2.05, 4.69) is 45.5 Å². The van der Waals surface area contributed by atoms with Crippen LogP contribution in [0.4, 0.5) is 0 Å². The van der Waals surface area contributed by atoms with Gasteiger partial charge in [-0.1, -0.05) is 30.3 Å². The summed E-state index contributed by atoms with van der Waals surface area (Å²) >= 11 is 0. The van der Waals surface area contributed by atoms with Gasteiger partial charge in [-0.3, -0.25) is 4.79 Å². The van der Waals surface area contributed by atoms with Gasteiger partial charge in [0.2, 0.25) is 5.91 Å². The molecule has 0 saturated carbocycles. The van der Waals surface area contributed by atoms with Gasteiger partial charge in [0.15, 0.2) is 5.96 Å². The Bertz CT molecular complexity index is 639. The number of halogens is 1. The highest BCUT2D eigenvalue weighted by Gasteiger charge is 2.24. The van der Waals surface area contributed by atoms with Crippen molar-refractivity contribution in [3.63, 3.8) is 0 Å². The van der Waals surface area contributed by atoms with Crippen LogP contribution in [0.5, 0.6) is 0 Å². The minimum absolute atomic E-state index is 0. The number of piperidine rings is 2. The molecule has 29 heavy (non-hydrogen) atoms. The second-order valence-corrected chi connectivity index (χ2v) is 7.90. The van der Waals surface area contributed by atoms with Crippen LogP contribution in [0, 0.1) is 5.92 Å². The van der Waals surface area contributed by atoms with E-state index in [0.29, 0.717) is 5.92 Å². The predicted molar refractivity (Wildman–Crippen MR) is 128 cm³/mol. The van der Waals surface area contributed by atoms with E-state index in [1.807, 2.05) is 11.8 Å². The predicted octanol–water partition coefficient (Wildman–Crippen LogP) is 2.51. The van der Waals surface area contributed by atoms with E-state index in [4.69, 9.17) is 0 Å². The number of amides is 1. The van der Waals surface area contributed by atoms with E-state index in [9.17, 15) is 9.90 Å². The lowest BCUT2D eigenvalue weighted by Gasteiger charge is -2.33. The maximum absolute atomic E-state index is 12.6. The largest absolute Gasteiger partial charge is 0.393 e. The fourth-order valence-corrected chi connectivity index (χ4v) is 4.08. The van der Waals surface area contributed by atoms with Gasteiger partial charge in [0.25, 0.3) is 0 Å². The van der Waals surface area contributed by atoms with E-state index in [1.54, 1.807) is 0 Å². The molecule has 2 saturated heterocycles. The Morgan fingerprint density at radius 3 is 2.31 bits per heavy atom. The lowest BCUT2D eigenvalue weighted by molar-refractivity contribution is -0.131. The fourth-order valence-electron chi connectivity index (χ4n) is 4.08. The Balaban J connectivity index is 0.00000300. The second kappa shape index (κ2) is 12.4. The fraction of sp³-hybridized carbons (Fsp3) is 0.636. The number of aliphatic hydroxyl groups excluding tert-OH is 1. The number of hydrogen-bond donors (Lipinski definition) is 2. The molecule has 0 spiro atoms. The lowest BCUT2D eigenvalue weighted by atomic mass is 9.90. The van der Waals surface area contributed by atoms with Crippen molar-refractivity contribution in [3.05, 3.63) is 35.9 Å². The summed E-state index contributed by atoms with van der Waals surface area (Å²) in [5.41, 5.74) is 1.39. The highest BCUT2D eigenvalue weighted by atomic mass is 127. The molecule has 2 aliphatic heterocycles. The van der Waals surface area contributed by atoms with E-state index in [0.717, 1.165) is 70.8 Å². The molecule has 0 unspecified atom stereocenters. The molecule has 7 heteroatoms. The minimum atomic E-state index is -0.210. The Morgan fingerprint density at radius 1 is 1.07 bits per heavy atom. The molecular formula is C22H35IN4O2. The first-order valence-electron chi connectivity index (χ1n) is 10.7. The summed E-state index contributed by atoms with van der Waals surface area (Å²) in [5, 5.41) is 13.0. The van der Waals surface area contributed by atoms with E-state index in [1.165, 1.54) is 5.56 Å². The van der Waals surface area contributed by atoms with Gasteiger partial charge < -0.3 is 20.2 Å². The summed E-state index contributed by atoms with van der Waals surface area (Å²) in [6.07, 6.45) is 4.54. The second-order valence-electron chi connectivity index (χ2n) is 7.90. The van der Waals surface area contributed by atoms with Gasteiger partial charge in [0, 0.05) is 32.7 Å². The maximum atomic E-state index is 12.6. The average Bonchev–Trinajstić information content (AvgIpc) is 2.73. The highest BCUT2D eigenvalue weighted by Crippen LogP contribution is 2.21. The zero-order valence-electron chi connectivity index (χ0n) is 17.4. The minimum Gasteiger partial charge on any atom is -0.393 e. The smallest absolute Gasteiger partial charge is 0.244 e. The standard InChI is InChI=1S/C22H34N4O2.HI/c1-2-23-22(26-14-10-20(27)11-15-26)24-17-21(28)25-12-8-19(9-13-25)16-18-6-4-3-5-7-18;/h3-7,19-20,27H,2,8-17H2,1H3,(H,23,24);1H. The van der Waals surface area contributed by atoms with Gasteiger partial charge >= 0.3 is 0 Å². The van der Waals surface area contributed by atoms with Crippen molar-refractivity contribution < 1.29 is 9.90 Å². The number of nitrogens with zero attached hydrogens (tertiary/aromatic N) is 3. The zero-order chi connectivity index (χ0) is 19.8. The number of aliphatic hydroxyl groups is 1. The van der Waals surface area contributed by atoms with Gasteiger partial charge in [0.1, 0.15) is 6.54 Å². The number of rotatable bonds is 5. The topological polar surface area (TPSA) is 68.2 Å². The number of guanidine groups is 1. The van der Waals surface area contributed by atoms with Crippen LogP contribution in [-0.2, 0) is 11.2 Å². The SMILES string of the molecule is CCNC(=NCC(=O)N1CCC(Cc2ccccc2)CC1)N1CCC(O)CC1.I. The van der Waals surface area contributed by atoms with Crippen molar-refractivity contribution in [1.82, 2.24) is 15.1 Å². The monoisotopic (exact) mass is 514 g/mol. The highest BCUT2D eigenvalue weighted by molar-refractivity contribution is 14.0. The first-order valence-corrected chi connectivity index (χ1v) is 10.7. The molecule has 1 amide bonds. The van der Waals surface area contributed by atoms with Crippen LogP contribution in [0.25, 0.3) is 0 Å². The summed E-state index contributed by atoms with van der Waals surface area (Å²) in [6.45, 7) is 6.24. The molecule has 0 radical (unpaired) electrons. The first kappa shape index (κ1) is 23.9. The quantitative estimate of drug-likeness (QED) is 0.360. The summed E-state index contributed by atoms with van der Waals surface area (Å²) < 4.78 is 0. The molecule has 0 aliphatic carbocycles. The lowest BCUT2D eigenvalue weighted by Crippen LogP contribution is -2.47. The van der Waals surface area contributed by atoms with Crippen LogP contribution in [0.2, 0.25) is 0 Å². The number of carbonyl (C=O) groups is 1. The van der Waals surface area contributed by atoms with Crippen LogP contribution >= 0.6 is 24.0 Å². The van der Waals surface area contributed by atoms with Crippen LogP contribution in [-0.4, -0.2) is 72.1 Å². The molecule has 162 valence electrons. The molecule has 2 N–H and O–H groups in total. The number of likely N-dealkylation sites (tertiary alicyclic amines) is 2. The van der Waals surface area contributed by atoms with Gasteiger partial charge in [0.05, 0.1) is 6.10 Å². The third kappa shape index (κ3) is 7.44. The third-order valence-electron chi connectivity index (χ3n) is 5.80.